The van der Waals surface area contributed by atoms with Crippen LogP contribution in [0.25, 0.3) is 5.69 Å². The number of hydrogen-bond acceptors (Lipinski definition) is 3. The molecule has 0 atom stereocenters. The Bertz CT molecular complexity index is 813. The smallest absolute Gasteiger partial charge is 0.148 e. The molecule has 0 saturated carbocycles. The van der Waals surface area contributed by atoms with Crippen molar-refractivity contribution in [3.63, 3.8) is 0 Å². The molecular formula is C18H16N4. The number of nitriles is 1. The van der Waals surface area contributed by atoms with Gasteiger partial charge in [0.05, 0.1) is 11.9 Å². The lowest BCUT2D eigenvalue weighted by Crippen LogP contribution is -2.08. The molecule has 0 unspecified atom stereocenters. The molecule has 0 radical (unpaired) electrons. The monoisotopic (exact) mass is 288 g/mol. The van der Waals surface area contributed by atoms with Gasteiger partial charge in [-0.2, -0.15) is 10.4 Å². The van der Waals surface area contributed by atoms with E-state index in [1.807, 2.05) is 61.5 Å². The van der Waals surface area contributed by atoms with E-state index in [1.165, 1.54) is 0 Å². The van der Waals surface area contributed by atoms with Crippen LogP contribution >= 0.6 is 0 Å². The summed E-state index contributed by atoms with van der Waals surface area (Å²) in [6.07, 6.45) is 1.60. The number of anilines is 1. The molecule has 22 heavy (non-hydrogen) atoms. The summed E-state index contributed by atoms with van der Waals surface area (Å²) in [5.74, 6) is 0.723. The van der Waals surface area contributed by atoms with Crippen LogP contribution < -0.4 is 5.32 Å². The van der Waals surface area contributed by atoms with Gasteiger partial charge in [-0.3, -0.25) is 0 Å². The fourth-order valence-electron chi connectivity index (χ4n) is 2.37. The summed E-state index contributed by atoms with van der Waals surface area (Å²) in [7, 11) is 0. The van der Waals surface area contributed by atoms with E-state index < -0.39 is 0 Å². The molecule has 4 heteroatoms. The third kappa shape index (κ3) is 2.70. The van der Waals surface area contributed by atoms with Crippen LogP contribution in [-0.2, 0) is 6.54 Å². The van der Waals surface area contributed by atoms with Crippen molar-refractivity contribution in [2.75, 3.05) is 5.32 Å². The van der Waals surface area contributed by atoms with E-state index in [-0.39, 0.29) is 0 Å². The first-order valence-electron chi connectivity index (χ1n) is 7.11. The highest BCUT2D eigenvalue weighted by atomic mass is 15.3. The molecule has 0 aliphatic heterocycles. The Morgan fingerprint density at radius 1 is 1.09 bits per heavy atom. The summed E-state index contributed by atoms with van der Waals surface area (Å²) < 4.78 is 1.79. The molecule has 0 saturated heterocycles. The molecule has 4 nitrogen and oxygen atoms in total. The zero-order valence-electron chi connectivity index (χ0n) is 12.3. The number of aromatic nitrogens is 2. The molecule has 0 spiro atoms. The van der Waals surface area contributed by atoms with Gasteiger partial charge in [-0.05, 0) is 24.1 Å². The number of hydrogen-bond donors (Lipinski definition) is 1. The highest BCUT2D eigenvalue weighted by Gasteiger charge is 2.13. The van der Waals surface area contributed by atoms with E-state index >= 15 is 0 Å². The molecule has 2 aromatic carbocycles. The second kappa shape index (κ2) is 6.15. The van der Waals surface area contributed by atoms with Gasteiger partial charge in [-0.1, -0.05) is 48.5 Å². The third-order valence-corrected chi connectivity index (χ3v) is 3.54. The Balaban J connectivity index is 1.95. The molecular weight excluding hydrogens is 272 g/mol. The Labute approximate surface area is 129 Å². The predicted molar refractivity (Wildman–Crippen MR) is 86.8 cm³/mol. The molecule has 0 aliphatic rings. The van der Waals surface area contributed by atoms with Crippen LogP contribution in [-0.4, -0.2) is 9.78 Å². The second-order valence-electron chi connectivity index (χ2n) is 5.06. The molecule has 108 valence electrons. The predicted octanol–water partition coefficient (Wildman–Crippen LogP) is 3.66. The first-order valence-corrected chi connectivity index (χ1v) is 7.11. The normalized spacial score (nSPS) is 10.2. The van der Waals surface area contributed by atoms with E-state index in [0.717, 1.165) is 22.6 Å². The van der Waals surface area contributed by atoms with Gasteiger partial charge in [-0.25, -0.2) is 4.68 Å². The number of nitrogens with one attached hydrogen (secondary N) is 1. The molecule has 1 aromatic heterocycles. The van der Waals surface area contributed by atoms with Gasteiger partial charge < -0.3 is 5.32 Å². The third-order valence-electron chi connectivity index (χ3n) is 3.54. The Kier molecular flexibility index (Phi) is 3.88. The van der Waals surface area contributed by atoms with Crippen molar-refractivity contribution in [1.82, 2.24) is 9.78 Å². The Hall–Kier alpha value is -3.06. The molecule has 1 N–H and O–H groups in total. The number of para-hydroxylation sites is 1. The summed E-state index contributed by atoms with van der Waals surface area (Å²) in [6.45, 7) is 2.68. The van der Waals surface area contributed by atoms with Gasteiger partial charge in [0.2, 0.25) is 0 Å². The van der Waals surface area contributed by atoms with Crippen molar-refractivity contribution in [3.8, 4) is 11.8 Å². The van der Waals surface area contributed by atoms with Crippen LogP contribution in [0, 0.1) is 18.3 Å². The number of nitrogens with zero attached hydrogens (tertiary/aromatic N) is 3. The van der Waals surface area contributed by atoms with Crippen LogP contribution in [0.5, 0.6) is 0 Å². The highest BCUT2D eigenvalue weighted by Crippen LogP contribution is 2.22. The molecule has 0 fully saturated rings. The lowest BCUT2D eigenvalue weighted by Gasteiger charge is -2.12. The standard InChI is InChI=1S/C18H16N4/c1-14-7-5-6-10-17(14)22-18(16(11-19)13-21-22)20-12-15-8-3-2-4-9-15/h2-10,13,20H,12H2,1H3. The van der Waals surface area contributed by atoms with Gasteiger partial charge >= 0.3 is 0 Å². The first-order chi connectivity index (χ1) is 10.8. The summed E-state index contributed by atoms with van der Waals surface area (Å²) >= 11 is 0. The van der Waals surface area contributed by atoms with Crippen molar-refractivity contribution in [2.24, 2.45) is 0 Å². The van der Waals surface area contributed by atoms with Gasteiger partial charge in [0.1, 0.15) is 17.5 Å². The topological polar surface area (TPSA) is 53.6 Å². The minimum Gasteiger partial charge on any atom is -0.365 e. The number of aryl methyl sites for hydroxylation is 1. The van der Waals surface area contributed by atoms with Crippen molar-refractivity contribution >= 4 is 5.82 Å². The van der Waals surface area contributed by atoms with Crippen molar-refractivity contribution in [2.45, 2.75) is 13.5 Å². The molecule has 1 heterocycles. The first kappa shape index (κ1) is 13.9. The average Bonchev–Trinajstić information content (AvgIpc) is 2.97. The minimum atomic E-state index is 0.541. The summed E-state index contributed by atoms with van der Waals surface area (Å²) in [6, 6.07) is 20.3. The van der Waals surface area contributed by atoms with E-state index in [2.05, 4.69) is 16.5 Å². The minimum absolute atomic E-state index is 0.541. The average molecular weight is 288 g/mol. The summed E-state index contributed by atoms with van der Waals surface area (Å²) in [5.41, 5.74) is 3.78. The highest BCUT2D eigenvalue weighted by molar-refractivity contribution is 5.57. The van der Waals surface area contributed by atoms with Crippen molar-refractivity contribution < 1.29 is 0 Å². The van der Waals surface area contributed by atoms with E-state index in [0.29, 0.717) is 12.1 Å². The lowest BCUT2D eigenvalue weighted by molar-refractivity contribution is 0.867. The van der Waals surface area contributed by atoms with Gasteiger partial charge in [-0.15, -0.1) is 0 Å². The Morgan fingerprint density at radius 2 is 1.82 bits per heavy atom. The SMILES string of the molecule is Cc1ccccc1-n1ncc(C#N)c1NCc1ccccc1. The lowest BCUT2D eigenvalue weighted by atomic mass is 10.2. The van der Waals surface area contributed by atoms with Gasteiger partial charge in [0.15, 0.2) is 0 Å². The van der Waals surface area contributed by atoms with Crippen LogP contribution in [0.1, 0.15) is 16.7 Å². The van der Waals surface area contributed by atoms with Gasteiger partial charge in [0, 0.05) is 6.54 Å². The molecule has 3 aromatic rings. The number of rotatable bonds is 4. The maximum absolute atomic E-state index is 9.30. The van der Waals surface area contributed by atoms with E-state index in [1.54, 1.807) is 10.9 Å². The zero-order valence-corrected chi connectivity index (χ0v) is 12.3. The van der Waals surface area contributed by atoms with Crippen LogP contribution in [0.15, 0.2) is 60.8 Å². The number of benzene rings is 2. The van der Waals surface area contributed by atoms with E-state index in [4.69, 9.17) is 0 Å². The maximum atomic E-state index is 9.30. The van der Waals surface area contributed by atoms with Crippen molar-refractivity contribution in [1.29, 1.82) is 5.26 Å². The van der Waals surface area contributed by atoms with Gasteiger partial charge in [0.25, 0.3) is 0 Å². The molecule has 0 amide bonds. The Morgan fingerprint density at radius 3 is 2.55 bits per heavy atom. The summed E-state index contributed by atoms with van der Waals surface area (Å²) in [4.78, 5) is 0. The summed E-state index contributed by atoms with van der Waals surface area (Å²) in [5, 5.41) is 17.0. The molecule has 0 bridgehead atoms. The fraction of sp³-hybridized carbons (Fsp3) is 0.111. The van der Waals surface area contributed by atoms with Crippen LogP contribution in [0.3, 0.4) is 0 Å². The fourth-order valence-corrected chi connectivity index (χ4v) is 2.37. The second-order valence-corrected chi connectivity index (χ2v) is 5.06. The zero-order chi connectivity index (χ0) is 15.4. The van der Waals surface area contributed by atoms with Crippen molar-refractivity contribution in [3.05, 3.63) is 77.5 Å². The van der Waals surface area contributed by atoms with Crippen LogP contribution in [0.2, 0.25) is 0 Å². The maximum Gasteiger partial charge on any atom is 0.148 e. The largest absolute Gasteiger partial charge is 0.365 e. The van der Waals surface area contributed by atoms with Crippen LogP contribution in [0.4, 0.5) is 5.82 Å². The van der Waals surface area contributed by atoms with E-state index in [9.17, 15) is 5.26 Å². The quantitative estimate of drug-likeness (QED) is 0.797. The molecule has 0 aliphatic carbocycles. The molecule has 3 rings (SSSR count).